The second kappa shape index (κ2) is 8.18. The molecule has 0 amide bonds. The smallest absolute Gasteiger partial charge is 0.312 e. The van der Waals surface area contributed by atoms with Gasteiger partial charge in [0.2, 0.25) is 5.62 Å². The van der Waals surface area contributed by atoms with E-state index in [-0.39, 0.29) is 22.6 Å². The molecule has 0 fully saturated rings. The van der Waals surface area contributed by atoms with E-state index in [1.807, 2.05) is 19.1 Å². The van der Waals surface area contributed by atoms with Crippen LogP contribution in [0.25, 0.3) is 11.0 Å². The number of fused-ring (bicyclic) bond motifs is 1. The highest BCUT2D eigenvalue weighted by Gasteiger charge is 2.34. The van der Waals surface area contributed by atoms with Gasteiger partial charge in [0.05, 0.1) is 28.0 Å². The molecule has 3 aromatic carbocycles. The fraction of sp³-hybridized carbons (Fsp3) is 0.174. The van der Waals surface area contributed by atoms with Gasteiger partial charge in [-0.2, -0.15) is 21.6 Å². The van der Waals surface area contributed by atoms with Gasteiger partial charge >= 0.3 is 6.18 Å². The summed E-state index contributed by atoms with van der Waals surface area (Å²) in [6.07, 6.45) is -4.81. The lowest BCUT2D eigenvalue weighted by atomic mass is 10.1. The molecule has 0 saturated heterocycles. The van der Waals surface area contributed by atoms with E-state index in [1.165, 1.54) is 22.8 Å². The van der Waals surface area contributed by atoms with E-state index in [4.69, 9.17) is 0 Å². The first-order valence-electron chi connectivity index (χ1n) is 9.85. The van der Waals surface area contributed by atoms with Crippen molar-refractivity contribution in [3.63, 3.8) is 0 Å². The Kier molecular flexibility index (Phi) is 5.65. The molecule has 0 aliphatic carbocycles. The van der Waals surface area contributed by atoms with Crippen LogP contribution in [0.1, 0.15) is 16.7 Å². The lowest BCUT2D eigenvalue weighted by molar-refractivity contribution is -0.140. The van der Waals surface area contributed by atoms with Crippen LogP contribution in [0.15, 0.2) is 76.0 Å². The van der Waals surface area contributed by atoms with Gasteiger partial charge in [0.15, 0.2) is 0 Å². The summed E-state index contributed by atoms with van der Waals surface area (Å²) in [6.45, 7) is 1.79. The van der Waals surface area contributed by atoms with Gasteiger partial charge in [0.25, 0.3) is 10.0 Å². The summed E-state index contributed by atoms with van der Waals surface area (Å²) in [6, 6.07) is 15.7. The molecule has 1 aromatic heterocycles. The zero-order valence-corrected chi connectivity index (χ0v) is 18.5. The van der Waals surface area contributed by atoms with Crippen molar-refractivity contribution in [2.45, 2.75) is 24.5 Å². The molecule has 172 valence electrons. The highest BCUT2D eigenvalue weighted by Crippen LogP contribution is 2.31. The molecule has 33 heavy (non-hydrogen) atoms. The number of nitrogens with zero attached hydrogens (tertiary/aromatic N) is 3. The van der Waals surface area contributed by atoms with Crippen molar-refractivity contribution in [2.75, 3.05) is 0 Å². The summed E-state index contributed by atoms with van der Waals surface area (Å²) in [5.74, 6) is -1.40. The number of hydrogen-bond donors (Lipinski definition) is 0. The zero-order chi connectivity index (χ0) is 24.0. The van der Waals surface area contributed by atoms with E-state index in [0.29, 0.717) is 17.1 Å². The van der Waals surface area contributed by atoms with E-state index in [0.717, 1.165) is 11.6 Å². The predicted molar refractivity (Wildman–Crippen MR) is 115 cm³/mol. The number of sulfonamides is 1. The van der Waals surface area contributed by atoms with Gasteiger partial charge in [-0.25, -0.2) is 4.39 Å². The average molecular weight is 477 g/mol. The number of rotatable bonds is 4. The molecule has 0 unspecified atom stereocenters. The average Bonchev–Trinajstić information content (AvgIpc) is 2.98. The van der Waals surface area contributed by atoms with Gasteiger partial charge in [0, 0.05) is 7.05 Å². The zero-order valence-electron chi connectivity index (χ0n) is 17.6. The van der Waals surface area contributed by atoms with Crippen molar-refractivity contribution < 1.29 is 26.0 Å². The molecule has 5 nitrogen and oxygen atoms in total. The van der Waals surface area contributed by atoms with Crippen LogP contribution in [0.2, 0.25) is 0 Å². The van der Waals surface area contributed by atoms with Crippen molar-refractivity contribution in [1.82, 2.24) is 9.13 Å². The maximum Gasteiger partial charge on any atom is 0.419 e. The number of imidazole rings is 1. The molecule has 0 saturated carbocycles. The van der Waals surface area contributed by atoms with Crippen LogP contribution in [-0.4, -0.2) is 17.6 Å². The van der Waals surface area contributed by atoms with Crippen LogP contribution in [0, 0.1) is 12.7 Å². The molecule has 0 aliphatic rings. The Morgan fingerprint density at radius 3 is 2.27 bits per heavy atom. The third kappa shape index (κ3) is 4.43. The Hall–Kier alpha value is -3.40. The number of hydrogen-bond acceptors (Lipinski definition) is 2. The van der Waals surface area contributed by atoms with Gasteiger partial charge in [-0.3, -0.25) is 0 Å². The van der Waals surface area contributed by atoms with E-state index in [1.54, 1.807) is 35.9 Å². The van der Waals surface area contributed by atoms with Gasteiger partial charge in [0.1, 0.15) is 5.82 Å². The van der Waals surface area contributed by atoms with Crippen molar-refractivity contribution in [2.24, 2.45) is 11.4 Å². The van der Waals surface area contributed by atoms with Crippen molar-refractivity contribution in [3.05, 3.63) is 94.9 Å². The van der Waals surface area contributed by atoms with Crippen LogP contribution >= 0.6 is 0 Å². The standard InChI is InChI=1S/C23H19F4N3O2S/c1-15-8-11-20-21(12-15)29(2)22(28-33(31,32)17-6-4-3-5-7-17)30(20)14-16-9-10-18(19(24)13-16)23(25,26)27/h3-13H,14H2,1-2H3. The third-order valence-corrected chi connectivity index (χ3v) is 6.52. The van der Waals surface area contributed by atoms with Gasteiger partial charge < -0.3 is 9.13 Å². The SMILES string of the molecule is Cc1ccc2c(c1)n(C)c(=NS(=O)(=O)c1ccccc1)n2Cc1ccc(C(F)(F)F)c(F)c1. The topological polar surface area (TPSA) is 56.4 Å². The first-order chi connectivity index (χ1) is 15.5. The summed E-state index contributed by atoms with van der Waals surface area (Å²) in [5.41, 5.74) is 1.12. The lowest BCUT2D eigenvalue weighted by Gasteiger charge is -2.10. The number of halogens is 4. The van der Waals surface area contributed by atoms with Crippen molar-refractivity contribution in [1.29, 1.82) is 0 Å². The molecule has 0 bridgehead atoms. The van der Waals surface area contributed by atoms with Gasteiger partial charge in [-0.05, 0) is 54.4 Å². The maximum absolute atomic E-state index is 14.2. The Labute approximate surface area is 187 Å². The summed E-state index contributed by atoms with van der Waals surface area (Å²) in [5, 5.41) is 0. The van der Waals surface area contributed by atoms with Crippen LogP contribution in [-0.2, 0) is 29.8 Å². The van der Waals surface area contributed by atoms with Crippen molar-refractivity contribution >= 4 is 21.1 Å². The fourth-order valence-corrected chi connectivity index (χ4v) is 4.66. The number of benzene rings is 3. The minimum Gasteiger partial charge on any atom is -0.312 e. The summed E-state index contributed by atoms with van der Waals surface area (Å²) >= 11 is 0. The molecule has 1 heterocycles. The summed E-state index contributed by atoms with van der Waals surface area (Å²) in [7, 11) is -2.44. The van der Waals surface area contributed by atoms with Crippen LogP contribution in [0.3, 0.4) is 0 Å². The summed E-state index contributed by atoms with van der Waals surface area (Å²) in [4.78, 5) is -0.00133. The molecule has 0 radical (unpaired) electrons. The first kappa shape index (κ1) is 22.8. The second-order valence-electron chi connectivity index (χ2n) is 7.63. The predicted octanol–water partition coefficient (Wildman–Crippen LogP) is 4.78. The minimum absolute atomic E-state index is 0.00133. The highest BCUT2D eigenvalue weighted by atomic mass is 32.2. The number of alkyl halides is 3. The first-order valence-corrected chi connectivity index (χ1v) is 11.3. The van der Waals surface area contributed by atoms with E-state index in [2.05, 4.69) is 4.40 Å². The number of aromatic nitrogens is 2. The Morgan fingerprint density at radius 2 is 1.64 bits per heavy atom. The Balaban J connectivity index is 1.92. The van der Waals surface area contributed by atoms with Crippen LogP contribution in [0.5, 0.6) is 0 Å². The van der Waals surface area contributed by atoms with Gasteiger partial charge in [-0.1, -0.05) is 30.3 Å². The van der Waals surface area contributed by atoms with E-state index in [9.17, 15) is 26.0 Å². The molecule has 0 N–H and O–H groups in total. The quantitative estimate of drug-likeness (QED) is 0.397. The second-order valence-corrected chi connectivity index (χ2v) is 9.23. The molecule has 4 aromatic rings. The number of aryl methyl sites for hydroxylation is 2. The minimum atomic E-state index is -4.81. The van der Waals surface area contributed by atoms with Crippen molar-refractivity contribution in [3.8, 4) is 0 Å². The molecular weight excluding hydrogens is 458 g/mol. The molecule has 0 spiro atoms. The summed E-state index contributed by atoms with van der Waals surface area (Å²) < 4.78 is 86.0. The monoisotopic (exact) mass is 477 g/mol. The third-order valence-electron chi connectivity index (χ3n) is 5.25. The van der Waals surface area contributed by atoms with Crippen LogP contribution in [0.4, 0.5) is 17.6 Å². The van der Waals surface area contributed by atoms with E-state index >= 15 is 0 Å². The molecule has 10 heteroatoms. The Bertz CT molecular complexity index is 1520. The normalized spacial score (nSPS) is 13.1. The molecular formula is C23H19F4N3O2S. The van der Waals surface area contributed by atoms with Gasteiger partial charge in [-0.15, -0.1) is 4.40 Å². The fourth-order valence-electron chi connectivity index (χ4n) is 3.62. The lowest BCUT2D eigenvalue weighted by Crippen LogP contribution is -2.26. The maximum atomic E-state index is 14.2. The Morgan fingerprint density at radius 1 is 0.939 bits per heavy atom. The molecule has 4 rings (SSSR count). The molecule has 0 atom stereocenters. The van der Waals surface area contributed by atoms with Crippen LogP contribution < -0.4 is 5.62 Å². The highest BCUT2D eigenvalue weighted by molar-refractivity contribution is 7.90. The molecule has 0 aliphatic heterocycles. The largest absolute Gasteiger partial charge is 0.419 e. The van der Waals surface area contributed by atoms with E-state index < -0.39 is 27.6 Å².